The topological polar surface area (TPSA) is 43.6 Å². The summed E-state index contributed by atoms with van der Waals surface area (Å²) in [5.74, 6) is 0.850. The Bertz CT molecular complexity index is 882. The molecule has 0 N–H and O–H groups in total. The predicted molar refractivity (Wildman–Crippen MR) is 82.1 cm³/mol. The molecule has 4 aromatic rings. The maximum atomic E-state index is 4.65. The molecule has 21 heavy (non-hydrogen) atoms. The number of fused-ring (bicyclic) bond motifs is 1. The SMILES string of the molecule is c1ccc(-c2nc3nccnc3n2-c2ccccc2)cc1. The third-order valence-electron chi connectivity index (χ3n) is 3.34. The summed E-state index contributed by atoms with van der Waals surface area (Å²) in [6.07, 6.45) is 3.36. The summed E-state index contributed by atoms with van der Waals surface area (Å²) in [7, 11) is 0. The molecular formula is C17H12N4. The molecule has 4 rings (SSSR count). The Hall–Kier alpha value is -3.01. The number of aromatic nitrogens is 4. The van der Waals surface area contributed by atoms with Crippen LogP contribution in [-0.4, -0.2) is 19.5 Å². The van der Waals surface area contributed by atoms with Crippen LogP contribution in [0.25, 0.3) is 28.4 Å². The highest BCUT2D eigenvalue weighted by Gasteiger charge is 2.15. The summed E-state index contributed by atoms with van der Waals surface area (Å²) in [4.78, 5) is 13.4. The van der Waals surface area contributed by atoms with E-state index in [2.05, 4.69) is 15.0 Å². The highest BCUT2D eigenvalue weighted by molar-refractivity contribution is 5.76. The van der Waals surface area contributed by atoms with Crippen LogP contribution in [0.5, 0.6) is 0 Å². The van der Waals surface area contributed by atoms with Crippen molar-refractivity contribution in [3.63, 3.8) is 0 Å². The highest BCUT2D eigenvalue weighted by Crippen LogP contribution is 2.26. The molecule has 2 heterocycles. The monoisotopic (exact) mass is 272 g/mol. The van der Waals surface area contributed by atoms with Crippen molar-refractivity contribution in [3.05, 3.63) is 73.1 Å². The van der Waals surface area contributed by atoms with Crippen LogP contribution < -0.4 is 0 Å². The van der Waals surface area contributed by atoms with Gasteiger partial charge < -0.3 is 0 Å². The summed E-state index contributed by atoms with van der Waals surface area (Å²) in [5, 5.41) is 0. The number of imidazole rings is 1. The van der Waals surface area contributed by atoms with Crippen molar-refractivity contribution in [2.24, 2.45) is 0 Å². The zero-order valence-corrected chi connectivity index (χ0v) is 11.2. The lowest BCUT2D eigenvalue weighted by Crippen LogP contribution is -1.98. The molecule has 0 aliphatic carbocycles. The van der Waals surface area contributed by atoms with Crippen LogP contribution in [0.1, 0.15) is 0 Å². The van der Waals surface area contributed by atoms with Crippen molar-refractivity contribution in [2.75, 3.05) is 0 Å². The van der Waals surface area contributed by atoms with Crippen molar-refractivity contribution in [1.82, 2.24) is 19.5 Å². The average molecular weight is 272 g/mol. The first kappa shape index (κ1) is 11.8. The fraction of sp³-hybridized carbons (Fsp3) is 0. The highest BCUT2D eigenvalue weighted by atomic mass is 15.2. The third kappa shape index (κ3) is 1.97. The maximum Gasteiger partial charge on any atom is 0.198 e. The summed E-state index contributed by atoms with van der Waals surface area (Å²) in [6, 6.07) is 20.2. The van der Waals surface area contributed by atoms with Gasteiger partial charge in [0.05, 0.1) is 0 Å². The second-order valence-corrected chi connectivity index (χ2v) is 4.68. The first-order valence-corrected chi connectivity index (χ1v) is 6.74. The Labute approximate surface area is 121 Å². The number of hydrogen-bond acceptors (Lipinski definition) is 3. The van der Waals surface area contributed by atoms with Crippen LogP contribution in [0.2, 0.25) is 0 Å². The molecule has 0 saturated carbocycles. The fourth-order valence-corrected chi connectivity index (χ4v) is 2.41. The second-order valence-electron chi connectivity index (χ2n) is 4.68. The Morgan fingerprint density at radius 2 is 1.38 bits per heavy atom. The molecule has 0 radical (unpaired) electrons. The van der Waals surface area contributed by atoms with Gasteiger partial charge in [-0.05, 0) is 12.1 Å². The minimum Gasteiger partial charge on any atom is -0.275 e. The fourth-order valence-electron chi connectivity index (χ4n) is 2.41. The smallest absolute Gasteiger partial charge is 0.198 e. The first-order valence-electron chi connectivity index (χ1n) is 6.74. The van der Waals surface area contributed by atoms with Gasteiger partial charge >= 0.3 is 0 Å². The maximum absolute atomic E-state index is 4.65. The molecule has 0 unspecified atom stereocenters. The lowest BCUT2D eigenvalue weighted by Gasteiger charge is -2.08. The summed E-state index contributed by atoms with van der Waals surface area (Å²) in [6.45, 7) is 0. The van der Waals surface area contributed by atoms with Crippen LogP contribution in [0.15, 0.2) is 73.1 Å². The molecule has 0 atom stereocenters. The van der Waals surface area contributed by atoms with E-state index < -0.39 is 0 Å². The van der Waals surface area contributed by atoms with E-state index in [4.69, 9.17) is 0 Å². The van der Waals surface area contributed by atoms with Gasteiger partial charge in [0.25, 0.3) is 0 Å². The minimum atomic E-state index is 0.653. The minimum absolute atomic E-state index is 0.653. The molecular weight excluding hydrogens is 260 g/mol. The number of benzene rings is 2. The van der Waals surface area contributed by atoms with Crippen LogP contribution in [0, 0.1) is 0 Å². The molecule has 0 fully saturated rings. The van der Waals surface area contributed by atoms with Gasteiger partial charge in [-0.25, -0.2) is 15.0 Å². The van der Waals surface area contributed by atoms with E-state index in [0.29, 0.717) is 5.65 Å². The first-order chi connectivity index (χ1) is 10.4. The molecule has 100 valence electrons. The van der Waals surface area contributed by atoms with E-state index >= 15 is 0 Å². The number of hydrogen-bond donors (Lipinski definition) is 0. The van der Waals surface area contributed by atoms with Gasteiger partial charge in [0.2, 0.25) is 0 Å². The van der Waals surface area contributed by atoms with Gasteiger partial charge in [-0.15, -0.1) is 0 Å². The predicted octanol–water partition coefficient (Wildman–Crippen LogP) is 3.48. The second kappa shape index (κ2) is 4.83. The van der Waals surface area contributed by atoms with Gasteiger partial charge in [-0.3, -0.25) is 4.57 Å². The lowest BCUT2D eigenvalue weighted by atomic mass is 10.2. The average Bonchev–Trinajstić information content (AvgIpc) is 2.96. The zero-order chi connectivity index (χ0) is 14.1. The molecule has 0 aliphatic heterocycles. The standard InChI is InChI=1S/C17H12N4/c1-3-7-13(8-4-1)16-20-15-17(19-12-11-18-15)21(16)14-9-5-2-6-10-14/h1-12H. The van der Waals surface area contributed by atoms with E-state index in [-0.39, 0.29) is 0 Å². The normalized spacial score (nSPS) is 10.9. The van der Waals surface area contributed by atoms with E-state index in [1.54, 1.807) is 12.4 Å². The Kier molecular flexibility index (Phi) is 2.71. The van der Waals surface area contributed by atoms with E-state index in [9.17, 15) is 0 Å². The van der Waals surface area contributed by atoms with Gasteiger partial charge in [0.15, 0.2) is 11.3 Å². The largest absolute Gasteiger partial charge is 0.275 e. The summed E-state index contributed by atoms with van der Waals surface area (Å²) < 4.78 is 2.04. The van der Waals surface area contributed by atoms with Crippen molar-refractivity contribution in [3.8, 4) is 17.1 Å². The molecule has 4 heteroatoms. The van der Waals surface area contributed by atoms with Gasteiger partial charge in [0.1, 0.15) is 5.82 Å². The van der Waals surface area contributed by atoms with Gasteiger partial charge in [0, 0.05) is 23.6 Å². The van der Waals surface area contributed by atoms with Crippen LogP contribution >= 0.6 is 0 Å². The Morgan fingerprint density at radius 3 is 2.14 bits per heavy atom. The van der Waals surface area contributed by atoms with E-state index in [1.807, 2.05) is 65.2 Å². The lowest BCUT2D eigenvalue weighted by molar-refractivity contribution is 1.08. The van der Waals surface area contributed by atoms with Crippen LogP contribution in [-0.2, 0) is 0 Å². The summed E-state index contributed by atoms with van der Waals surface area (Å²) in [5.41, 5.74) is 3.49. The third-order valence-corrected chi connectivity index (χ3v) is 3.34. The van der Waals surface area contributed by atoms with Crippen molar-refractivity contribution >= 4 is 11.3 Å². The van der Waals surface area contributed by atoms with Crippen molar-refractivity contribution in [1.29, 1.82) is 0 Å². The summed E-state index contributed by atoms with van der Waals surface area (Å²) >= 11 is 0. The van der Waals surface area contributed by atoms with Gasteiger partial charge in [-0.1, -0.05) is 48.5 Å². The zero-order valence-electron chi connectivity index (χ0n) is 11.2. The van der Waals surface area contributed by atoms with Crippen molar-refractivity contribution < 1.29 is 0 Å². The molecule has 2 aromatic carbocycles. The quantitative estimate of drug-likeness (QED) is 0.561. The van der Waals surface area contributed by atoms with Crippen molar-refractivity contribution in [2.45, 2.75) is 0 Å². The van der Waals surface area contributed by atoms with Crippen LogP contribution in [0.4, 0.5) is 0 Å². The van der Waals surface area contributed by atoms with E-state index in [0.717, 1.165) is 22.7 Å². The molecule has 0 saturated heterocycles. The Morgan fingerprint density at radius 1 is 0.714 bits per heavy atom. The number of para-hydroxylation sites is 1. The molecule has 0 amide bonds. The van der Waals surface area contributed by atoms with Crippen LogP contribution in [0.3, 0.4) is 0 Å². The molecule has 0 aliphatic rings. The molecule has 0 bridgehead atoms. The molecule has 4 nitrogen and oxygen atoms in total. The van der Waals surface area contributed by atoms with E-state index in [1.165, 1.54) is 0 Å². The van der Waals surface area contributed by atoms with Gasteiger partial charge in [-0.2, -0.15) is 0 Å². The number of rotatable bonds is 2. The Balaban J connectivity index is 2.07. The number of nitrogens with zero attached hydrogens (tertiary/aromatic N) is 4. The molecule has 0 spiro atoms. The molecule has 2 aromatic heterocycles.